The Labute approximate surface area is 217 Å². The predicted molar refractivity (Wildman–Crippen MR) is 148 cm³/mol. The molecule has 0 amide bonds. The van der Waals surface area contributed by atoms with Gasteiger partial charge in [0, 0.05) is 19.1 Å². The summed E-state index contributed by atoms with van der Waals surface area (Å²) in [6.07, 6.45) is 2.08. The summed E-state index contributed by atoms with van der Waals surface area (Å²) in [7, 11) is 0. The lowest BCUT2D eigenvalue weighted by atomic mass is 9.94. The first-order chi connectivity index (χ1) is 18.2. The van der Waals surface area contributed by atoms with Gasteiger partial charge in [-0.15, -0.1) is 0 Å². The Morgan fingerprint density at radius 1 is 0.757 bits per heavy atom. The highest BCUT2D eigenvalue weighted by molar-refractivity contribution is 5.78. The molecular formula is C32H31FN4. The van der Waals surface area contributed by atoms with Crippen LogP contribution in [0.2, 0.25) is 0 Å². The standard InChI is InChI=1S/C32H31FN4/c33-27-17-15-24(16-18-27)23-37-30-14-8-7-13-29(30)35-32(37)34-28-19-21-36(22-20-28)31(25-9-3-1-4-10-25)26-11-5-2-6-12-26/h1-18,28,31H,19-23H2,(H,34,35). The molecule has 0 saturated carbocycles. The van der Waals surface area contributed by atoms with Gasteiger partial charge >= 0.3 is 0 Å². The lowest BCUT2D eigenvalue weighted by Gasteiger charge is -2.38. The molecule has 186 valence electrons. The van der Waals surface area contributed by atoms with Crippen molar-refractivity contribution in [2.75, 3.05) is 18.4 Å². The highest BCUT2D eigenvalue weighted by Gasteiger charge is 2.28. The molecule has 5 aromatic rings. The molecule has 1 N–H and O–H groups in total. The van der Waals surface area contributed by atoms with E-state index in [0.717, 1.165) is 48.5 Å². The number of halogens is 1. The van der Waals surface area contributed by atoms with Crippen LogP contribution in [0.4, 0.5) is 10.3 Å². The minimum atomic E-state index is -0.214. The molecule has 2 heterocycles. The highest BCUT2D eigenvalue weighted by Crippen LogP contribution is 2.32. The Morgan fingerprint density at radius 3 is 2.00 bits per heavy atom. The molecule has 1 saturated heterocycles. The Balaban J connectivity index is 1.21. The second-order valence-electron chi connectivity index (χ2n) is 9.82. The summed E-state index contributed by atoms with van der Waals surface area (Å²) in [4.78, 5) is 7.54. The fraction of sp³-hybridized carbons (Fsp3) is 0.219. The molecule has 6 rings (SSSR count). The summed E-state index contributed by atoms with van der Waals surface area (Å²) >= 11 is 0. The fourth-order valence-corrected chi connectivity index (χ4v) is 5.49. The third kappa shape index (κ3) is 5.13. The maximum atomic E-state index is 13.5. The van der Waals surface area contributed by atoms with E-state index in [0.29, 0.717) is 12.6 Å². The first kappa shape index (κ1) is 23.4. The Kier molecular flexibility index (Phi) is 6.70. The highest BCUT2D eigenvalue weighted by atomic mass is 19.1. The van der Waals surface area contributed by atoms with E-state index in [-0.39, 0.29) is 11.9 Å². The van der Waals surface area contributed by atoms with Gasteiger partial charge < -0.3 is 9.88 Å². The quantitative estimate of drug-likeness (QED) is 0.270. The third-order valence-corrected chi connectivity index (χ3v) is 7.37. The van der Waals surface area contributed by atoms with Gasteiger partial charge in [-0.2, -0.15) is 0 Å². The van der Waals surface area contributed by atoms with E-state index in [1.165, 1.54) is 23.3 Å². The van der Waals surface area contributed by atoms with E-state index in [1.807, 2.05) is 24.3 Å². The number of imidazole rings is 1. The van der Waals surface area contributed by atoms with Crippen molar-refractivity contribution in [2.24, 2.45) is 0 Å². The summed E-state index contributed by atoms with van der Waals surface area (Å²) in [5.41, 5.74) is 5.77. The van der Waals surface area contributed by atoms with Crippen molar-refractivity contribution in [3.8, 4) is 0 Å². The largest absolute Gasteiger partial charge is 0.353 e. The summed E-state index contributed by atoms with van der Waals surface area (Å²) < 4.78 is 15.7. The van der Waals surface area contributed by atoms with Gasteiger partial charge in [-0.1, -0.05) is 84.9 Å². The van der Waals surface area contributed by atoms with Crippen molar-refractivity contribution in [3.05, 3.63) is 132 Å². The molecule has 4 aromatic carbocycles. The van der Waals surface area contributed by atoms with Crippen molar-refractivity contribution in [1.82, 2.24) is 14.5 Å². The fourth-order valence-electron chi connectivity index (χ4n) is 5.49. The molecule has 0 bridgehead atoms. The lowest BCUT2D eigenvalue weighted by Crippen LogP contribution is -2.41. The van der Waals surface area contributed by atoms with E-state index < -0.39 is 0 Å². The van der Waals surface area contributed by atoms with Crippen LogP contribution in [0, 0.1) is 5.82 Å². The van der Waals surface area contributed by atoms with E-state index in [1.54, 1.807) is 0 Å². The normalized spacial score (nSPS) is 14.9. The number of anilines is 1. The van der Waals surface area contributed by atoms with Crippen LogP contribution in [0.5, 0.6) is 0 Å². The zero-order chi connectivity index (χ0) is 25.0. The van der Waals surface area contributed by atoms with E-state index >= 15 is 0 Å². The summed E-state index contributed by atoms with van der Waals surface area (Å²) in [6, 6.07) is 37.2. The van der Waals surface area contributed by atoms with Crippen LogP contribution in [-0.4, -0.2) is 33.6 Å². The molecule has 0 atom stereocenters. The maximum Gasteiger partial charge on any atom is 0.204 e. The molecule has 4 nitrogen and oxygen atoms in total. The molecule has 0 spiro atoms. The number of fused-ring (bicyclic) bond motifs is 1. The average molecular weight is 491 g/mol. The number of nitrogens with one attached hydrogen (secondary N) is 1. The van der Waals surface area contributed by atoms with Crippen LogP contribution < -0.4 is 5.32 Å². The van der Waals surface area contributed by atoms with Crippen LogP contribution in [0.1, 0.15) is 35.6 Å². The minimum absolute atomic E-state index is 0.214. The van der Waals surface area contributed by atoms with Crippen LogP contribution >= 0.6 is 0 Å². The number of hydrogen-bond donors (Lipinski definition) is 1. The Bertz CT molecular complexity index is 1400. The van der Waals surface area contributed by atoms with Gasteiger partial charge in [0.2, 0.25) is 5.95 Å². The average Bonchev–Trinajstić information content (AvgIpc) is 3.29. The van der Waals surface area contributed by atoms with Gasteiger partial charge in [0.05, 0.1) is 23.6 Å². The second kappa shape index (κ2) is 10.6. The molecule has 0 radical (unpaired) electrons. The summed E-state index contributed by atoms with van der Waals surface area (Å²) in [5, 5.41) is 3.76. The van der Waals surface area contributed by atoms with Crippen LogP contribution in [-0.2, 0) is 6.54 Å². The Hall–Kier alpha value is -3.96. The zero-order valence-corrected chi connectivity index (χ0v) is 20.8. The smallest absolute Gasteiger partial charge is 0.204 e. The molecule has 1 fully saturated rings. The van der Waals surface area contributed by atoms with Gasteiger partial charge in [0.1, 0.15) is 5.82 Å². The lowest BCUT2D eigenvalue weighted by molar-refractivity contribution is 0.179. The van der Waals surface area contributed by atoms with Crippen molar-refractivity contribution in [3.63, 3.8) is 0 Å². The van der Waals surface area contributed by atoms with Gasteiger partial charge in [0.25, 0.3) is 0 Å². The molecule has 1 aliphatic rings. The molecule has 1 aliphatic heterocycles. The van der Waals surface area contributed by atoms with Crippen LogP contribution in [0.3, 0.4) is 0 Å². The number of piperidine rings is 1. The van der Waals surface area contributed by atoms with Crippen LogP contribution in [0.15, 0.2) is 109 Å². The van der Waals surface area contributed by atoms with Gasteiger partial charge in [-0.25, -0.2) is 9.37 Å². The van der Waals surface area contributed by atoms with Crippen molar-refractivity contribution in [2.45, 2.75) is 31.5 Å². The molecule has 0 aliphatic carbocycles. The Morgan fingerprint density at radius 2 is 1.35 bits per heavy atom. The molecule has 5 heteroatoms. The van der Waals surface area contributed by atoms with E-state index in [2.05, 4.69) is 87.6 Å². The van der Waals surface area contributed by atoms with E-state index in [9.17, 15) is 4.39 Å². The number of rotatable bonds is 7. The van der Waals surface area contributed by atoms with Crippen molar-refractivity contribution < 1.29 is 4.39 Å². The SMILES string of the molecule is Fc1ccc(Cn2c(NC3CCN(C(c4ccccc4)c4ccccc4)CC3)nc3ccccc32)cc1. The molecule has 37 heavy (non-hydrogen) atoms. The first-order valence-corrected chi connectivity index (χ1v) is 13.0. The van der Waals surface area contributed by atoms with Crippen LogP contribution in [0.25, 0.3) is 11.0 Å². The number of hydrogen-bond acceptors (Lipinski definition) is 3. The predicted octanol–water partition coefficient (Wildman–Crippen LogP) is 6.89. The minimum Gasteiger partial charge on any atom is -0.353 e. The van der Waals surface area contributed by atoms with Gasteiger partial charge in [-0.05, 0) is 53.8 Å². The summed E-state index contributed by atoms with van der Waals surface area (Å²) in [6.45, 7) is 2.65. The number of nitrogens with zero attached hydrogens (tertiary/aromatic N) is 3. The summed E-state index contributed by atoms with van der Waals surface area (Å²) in [5.74, 6) is 0.667. The third-order valence-electron chi connectivity index (χ3n) is 7.37. The number of benzene rings is 4. The molecular weight excluding hydrogens is 459 g/mol. The van der Waals surface area contributed by atoms with Gasteiger partial charge in [-0.3, -0.25) is 4.90 Å². The number of likely N-dealkylation sites (tertiary alicyclic amines) is 1. The first-order valence-electron chi connectivity index (χ1n) is 13.0. The molecule has 0 unspecified atom stereocenters. The maximum absolute atomic E-state index is 13.5. The number of para-hydroxylation sites is 2. The number of aromatic nitrogens is 2. The van der Waals surface area contributed by atoms with Gasteiger partial charge in [0.15, 0.2) is 0 Å². The zero-order valence-electron chi connectivity index (χ0n) is 20.8. The monoisotopic (exact) mass is 490 g/mol. The second-order valence-corrected chi connectivity index (χ2v) is 9.82. The topological polar surface area (TPSA) is 33.1 Å². The van der Waals surface area contributed by atoms with Crippen molar-refractivity contribution >= 4 is 17.0 Å². The van der Waals surface area contributed by atoms with Crippen molar-refractivity contribution in [1.29, 1.82) is 0 Å². The van der Waals surface area contributed by atoms with E-state index in [4.69, 9.17) is 4.98 Å². The molecule has 1 aromatic heterocycles.